The third-order valence-corrected chi connectivity index (χ3v) is 5.86. The first-order valence-corrected chi connectivity index (χ1v) is 10.3. The van der Waals surface area contributed by atoms with Gasteiger partial charge in [-0.3, -0.25) is 4.79 Å². The van der Waals surface area contributed by atoms with Crippen LogP contribution in [0.25, 0.3) is 10.9 Å². The van der Waals surface area contributed by atoms with Crippen molar-refractivity contribution in [3.63, 3.8) is 0 Å². The standard InChI is InChI=1S/C19H23ClN2O2S/c1-3-24-19(23)13-6-8-22(9-7-13)12-15-10-14-4-5-16(25-2)11-17(14)21-18(15)20/h4-5,10-11,13H,3,6-9,12H2,1-2H3/p+1. The Bertz CT molecular complexity index is 760. The Morgan fingerprint density at radius 1 is 1.36 bits per heavy atom. The third-order valence-electron chi connectivity index (χ3n) is 4.80. The fourth-order valence-corrected chi connectivity index (χ4v) is 4.03. The fourth-order valence-electron chi connectivity index (χ4n) is 3.39. The van der Waals surface area contributed by atoms with E-state index < -0.39 is 0 Å². The summed E-state index contributed by atoms with van der Waals surface area (Å²) in [4.78, 5) is 19.1. The Balaban J connectivity index is 1.67. The number of thioether (sulfide) groups is 1. The lowest BCUT2D eigenvalue weighted by Crippen LogP contribution is -3.11. The lowest BCUT2D eigenvalue weighted by Gasteiger charge is -2.28. The van der Waals surface area contributed by atoms with Crippen LogP contribution >= 0.6 is 23.4 Å². The average molecular weight is 380 g/mol. The van der Waals surface area contributed by atoms with E-state index in [1.807, 2.05) is 6.92 Å². The molecule has 0 unspecified atom stereocenters. The van der Waals surface area contributed by atoms with Crippen LogP contribution in [0.15, 0.2) is 29.2 Å². The van der Waals surface area contributed by atoms with Crippen molar-refractivity contribution in [3.05, 3.63) is 35.0 Å². The molecule has 1 aliphatic rings. The van der Waals surface area contributed by atoms with Crippen molar-refractivity contribution in [2.24, 2.45) is 5.92 Å². The molecule has 1 N–H and O–H groups in total. The van der Waals surface area contributed by atoms with Gasteiger partial charge in [-0.15, -0.1) is 11.8 Å². The van der Waals surface area contributed by atoms with Crippen LogP contribution in [0.4, 0.5) is 0 Å². The van der Waals surface area contributed by atoms with Crippen LogP contribution < -0.4 is 4.90 Å². The molecule has 0 aliphatic carbocycles. The number of ether oxygens (including phenoxy) is 1. The minimum absolute atomic E-state index is 0.0449. The van der Waals surface area contributed by atoms with Crippen molar-refractivity contribution < 1.29 is 14.4 Å². The number of nitrogens with one attached hydrogen (secondary N) is 1. The zero-order valence-electron chi connectivity index (χ0n) is 14.7. The summed E-state index contributed by atoms with van der Waals surface area (Å²) in [5.41, 5.74) is 2.02. The first kappa shape index (κ1) is 18.5. The number of benzene rings is 1. The normalized spacial score (nSPS) is 20.6. The molecule has 1 aromatic heterocycles. The molecule has 0 saturated carbocycles. The number of quaternary nitrogens is 1. The number of carbonyl (C=O) groups excluding carboxylic acids is 1. The minimum Gasteiger partial charge on any atom is -0.466 e. The van der Waals surface area contributed by atoms with Crippen LogP contribution in [-0.2, 0) is 16.1 Å². The number of fused-ring (bicyclic) bond motifs is 1. The highest BCUT2D eigenvalue weighted by molar-refractivity contribution is 7.98. The van der Waals surface area contributed by atoms with Crippen molar-refractivity contribution >= 4 is 40.2 Å². The summed E-state index contributed by atoms with van der Waals surface area (Å²) in [6.07, 6.45) is 3.81. The van der Waals surface area contributed by atoms with E-state index in [-0.39, 0.29) is 11.9 Å². The minimum atomic E-state index is -0.0449. The first-order valence-electron chi connectivity index (χ1n) is 8.74. The van der Waals surface area contributed by atoms with E-state index in [1.54, 1.807) is 11.8 Å². The number of carbonyl (C=O) groups is 1. The summed E-state index contributed by atoms with van der Waals surface area (Å²) in [5.74, 6) is 0.00965. The molecule has 25 heavy (non-hydrogen) atoms. The number of piperidine rings is 1. The fraction of sp³-hybridized carbons (Fsp3) is 0.474. The number of esters is 1. The third kappa shape index (κ3) is 4.46. The first-order chi connectivity index (χ1) is 12.1. The van der Waals surface area contributed by atoms with Crippen LogP contribution in [0.5, 0.6) is 0 Å². The maximum atomic E-state index is 11.9. The van der Waals surface area contributed by atoms with E-state index >= 15 is 0 Å². The van der Waals surface area contributed by atoms with E-state index in [1.165, 1.54) is 9.80 Å². The molecule has 1 aliphatic heterocycles. The number of rotatable bonds is 5. The molecule has 6 heteroatoms. The maximum Gasteiger partial charge on any atom is 0.309 e. The highest BCUT2D eigenvalue weighted by Crippen LogP contribution is 2.24. The van der Waals surface area contributed by atoms with Crippen LogP contribution in [0.1, 0.15) is 25.3 Å². The molecule has 0 atom stereocenters. The van der Waals surface area contributed by atoms with Gasteiger partial charge in [0.05, 0.1) is 31.1 Å². The van der Waals surface area contributed by atoms with E-state index in [0.717, 1.165) is 48.9 Å². The molecule has 1 saturated heterocycles. The molecular weight excluding hydrogens is 356 g/mol. The Morgan fingerprint density at radius 3 is 2.80 bits per heavy atom. The van der Waals surface area contributed by atoms with Gasteiger partial charge in [0.15, 0.2) is 0 Å². The van der Waals surface area contributed by atoms with Gasteiger partial charge in [0.2, 0.25) is 0 Å². The Kier molecular flexibility index (Phi) is 6.20. The molecule has 1 aromatic carbocycles. The summed E-state index contributed by atoms with van der Waals surface area (Å²) < 4.78 is 5.14. The number of pyridine rings is 1. The second-order valence-electron chi connectivity index (χ2n) is 6.45. The zero-order valence-corrected chi connectivity index (χ0v) is 16.3. The molecule has 2 heterocycles. The maximum absolute atomic E-state index is 11.9. The van der Waals surface area contributed by atoms with Gasteiger partial charge in [-0.25, -0.2) is 4.98 Å². The van der Waals surface area contributed by atoms with Crippen molar-refractivity contribution in [1.82, 2.24) is 4.98 Å². The van der Waals surface area contributed by atoms with E-state index in [0.29, 0.717) is 11.8 Å². The molecule has 0 radical (unpaired) electrons. The molecule has 3 rings (SSSR count). The van der Waals surface area contributed by atoms with Gasteiger partial charge >= 0.3 is 5.97 Å². The van der Waals surface area contributed by atoms with E-state index in [9.17, 15) is 4.79 Å². The number of aromatic nitrogens is 1. The molecule has 1 fully saturated rings. The summed E-state index contributed by atoms with van der Waals surface area (Å²) in [7, 11) is 0. The number of hydrogen-bond acceptors (Lipinski definition) is 4. The molecule has 0 spiro atoms. The van der Waals surface area contributed by atoms with Gasteiger partial charge in [0.1, 0.15) is 11.7 Å². The van der Waals surface area contributed by atoms with Crippen molar-refractivity contribution in [2.75, 3.05) is 26.0 Å². The highest BCUT2D eigenvalue weighted by Gasteiger charge is 2.28. The summed E-state index contributed by atoms with van der Waals surface area (Å²) in [6.45, 7) is 5.09. The molecular formula is C19H24ClN2O2S+. The molecule has 4 nitrogen and oxygen atoms in total. The smallest absolute Gasteiger partial charge is 0.309 e. The summed E-state index contributed by atoms with van der Waals surface area (Å²) in [5, 5.41) is 1.71. The van der Waals surface area contributed by atoms with Gasteiger partial charge in [0, 0.05) is 28.7 Å². The van der Waals surface area contributed by atoms with Gasteiger partial charge in [0.25, 0.3) is 0 Å². The van der Waals surface area contributed by atoms with E-state index in [2.05, 4.69) is 35.5 Å². The largest absolute Gasteiger partial charge is 0.466 e. The number of nitrogens with zero attached hydrogens (tertiary/aromatic N) is 1. The average Bonchev–Trinajstić information content (AvgIpc) is 2.62. The Hall–Kier alpha value is -1.30. The Morgan fingerprint density at radius 2 is 2.12 bits per heavy atom. The van der Waals surface area contributed by atoms with Gasteiger partial charge in [-0.1, -0.05) is 17.7 Å². The van der Waals surface area contributed by atoms with Gasteiger partial charge in [-0.05, 0) is 31.4 Å². The van der Waals surface area contributed by atoms with Crippen LogP contribution in [0.2, 0.25) is 5.15 Å². The molecule has 0 amide bonds. The van der Waals surface area contributed by atoms with Crippen LogP contribution in [0.3, 0.4) is 0 Å². The molecule has 2 aromatic rings. The van der Waals surface area contributed by atoms with Gasteiger partial charge in [-0.2, -0.15) is 0 Å². The predicted octanol–water partition coefficient (Wildman–Crippen LogP) is 2.97. The monoisotopic (exact) mass is 379 g/mol. The quantitative estimate of drug-likeness (QED) is 0.492. The second kappa shape index (κ2) is 8.39. The summed E-state index contributed by atoms with van der Waals surface area (Å²) in [6, 6.07) is 8.45. The number of halogens is 1. The second-order valence-corrected chi connectivity index (χ2v) is 7.69. The highest BCUT2D eigenvalue weighted by atomic mass is 35.5. The molecule has 0 bridgehead atoms. The van der Waals surface area contributed by atoms with E-state index in [4.69, 9.17) is 16.3 Å². The van der Waals surface area contributed by atoms with Crippen molar-refractivity contribution in [2.45, 2.75) is 31.2 Å². The zero-order chi connectivity index (χ0) is 17.8. The lowest BCUT2D eigenvalue weighted by molar-refractivity contribution is -0.919. The predicted molar refractivity (Wildman–Crippen MR) is 102 cm³/mol. The SMILES string of the molecule is CCOC(=O)C1CC[NH+](Cc2cc3ccc(SC)cc3nc2Cl)CC1. The van der Waals surface area contributed by atoms with Gasteiger partial charge < -0.3 is 9.64 Å². The Labute approximate surface area is 157 Å². The van der Waals surface area contributed by atoms with Crippen LogP contribution in [-0.4, -0.2) is 36.9 Å². The van der Waals surface area contributed by atoms with Crippen LogP contribution in [0, 0.1) is 5.92 Å². The summed E-state index contributed by atoms with van der Waals surface area (Å²) >= 11 is 8.14. The topological polar surface area (TPSA) is 43.6 Å². The molecule has 134 valence electrons. The number of hydrogen-bond donors (Lipinski definition) is 1. The van der Waals surface area contributed by atoms with Crippen molar-refractivity contribution in [1.29, 1.82) is 0 Å². The lowest BCUT2D eigenvalue weighted by atomic mass is 9.96. The number of likely N-dealkylation sites (tertiary alicyclic amines) is 1. The van der Waals surface area contributed by atoms with Crippen molar-refractivity contribution in [3.8, 4) is 0 Å².